The lowest BCUT2D eigenvalue weighted by molar-refractivity contribution is 0.0995. The smallest absolute Gasteiger partial charge is 0.211 e. The summed E-state index contributed by atoms with van der Waals surface area (Å²) >= 11 is 0. The minimum absolute atomic E-state index is 0.00884. The molecule has 1 unspecified atom stereocenters. The van der Waals surface area contributed by atoms with Crippen LogP contribution in [0.3, 0.4) is 0 Å². The molecule has 0 spiro atoms. The third kappa shape index (κ3) is 2.82. The lowest BCUT2D eigenvalue weighted by Gasteiger charge is -2.33. The lowest BCUT2D eigenvalue weighted by Crippen LogP contribution is -2.31. The number of hydrogen-bond donors (Lipinski definition) is 0. The van der Waals surface area contributed by atoms with Crippen molar-refractivity contribution in [3.63, 3.8) is 0 Å². The summed E-state index contributed by atoms with van der Waals surface area (Å²) in [6, 6.07) is 12.1. The third-order valence-corrected chi connectivity index (χ3v) is 10.3. The van der Waals surface area contributed by atoms with E-state index in [1.54, 1.807) is 24.3 Å². The number of carbonyl (C=O) groups is 2. The van der Waals surface area contributed by atoms with Crippen LogP contribution in [-0.2, 0) is 19.7 Å². The quantitative estimate of drug-likeness (QED) is 0.592. The van der Waals surface area contributed by atoms with Gasteiger partial charge in [-0.25, -0.2) is 16.8 Å². The second-order valence-corrected chi connectivity index (χ2v) is 13.1. The zero-order valence-electron chi connectivity index (χ0n) is 17.5. The van der Waals surface area contributed by atoms with Crippen LogP contribution < -0.4 is 0 Å². The maximum atomic E-state index is 13.2. The second-order valence-electron chi connectivity index (χ2n) is 9.21. The molecule has 0 aromatic heterocycles. The number of benzene rings is 2. The summed E-state index contributed by atoms with van der Waals surface area (Å²) < 4.78 is 52.9. The first-order valence-corrected chi connectivity index (χ1v) is 13.2. The van der Waals surface area contributed by atoms with E-state index in [0.29, 0.717) is 12.0 Å². The summed E-state index contributed by atoms with van der Waals surface area (Å²) in [4.78, 5) is 25.8. The largest absolute Gasteiger partial charge is 0.292 e. The fourth-order valence-electron chi connectivity index (χ4n) is 5.03. The molecule has 0 fully saturated rings. The van der Waals surface area contributed by atoms with Gasteiger partial charge in [-0.15, -0.1) is 0 Å². The van der Waals surface area contributed by atoms with Gasteiger partial charge < -0.3 is 0 Å². The van der Waals surface area contributed by atoms with Gasteiger partial charge in [0.2, 0.25) is 15.6 Å². The first-order chi connectivity index (χ1) is 14.9. The van der Waals surface area contributed by atoms with E-state index in [4.69, 9.17) is 0 Å². The fraction of sp³-hybridized carbons (Fsp3) is 0.250. The van der Waals surface area contributed by atoms with Crippen molar-refractivity contribution in [2.24, 2.45) is 5.41 Å². The molecule has 6 nitrogen and oxygen atoms in total. The summed E-state index contributed by atoms with van der Waals surface area (Å²) in [5.74, 6) is -1.11. The van der Waals surface area contributed by atoms with Gasteiger partial charge >= 0.3 is 0 Å². The minimum atomic E-state index is -4.04. The van der Waals surface area contributed by atoms with E-state index in [1.807, 2.05) is 13.8 Å². The first-order valence-electron chi connectivity index (χ1n) is 10.1. The molecule has 0 amide bonds. The van der Waals surface area contributed by atoms with Gasteiger partial charge in [-0.05, 0) is 47.6 Å². The van der Waals surface area contributed by atoms with E-state index in [-0.39, 0.29) is 37.8 Å². The molecule has 0 radical (unpaired) electrons. The highest BCUT2D eigenvalue weighted by Crippen LogP contribution is 2.47. The van der Waals surface area contributed by atoms with Crippen LogP contribution in [0.25, 0.3) is 0 Å². The summed E-state index contributed by atoms with van der Waals surface area (Å²) in [7, 11) is -8.00. The molecule has 2 aliphatic heterocycles. The van der Waals surface area contributed by atoms with Crippen molar-refractivity contribution in [1.82, 2.24) is 0 Å². The summed E-state index contributed by atoms with van der Waals surface area (Å²) in [6.07, 6.45) is 2.04. The van der Waals surface area contributed by atoms with E-state index in [1.165, 1.54) is 30.3 Å². The van der Waals surface area contributed by atoms with Gasteiger partial charge in [0.15, 0.2) is 20.9 Å². The van der Waals surface area contributed by atoms with Crippen LogP contribution in [-0.4, -0.2) is 33.7 Å². The van der Waals surface area contributed by atoms with Crippen molar-refractivity contribution in [1.29, 1.82) is 0 Å². The van der Waals surface area contributed by atoms with Crippen molar-refractivity contribution >= 4 is 31.2 Å². The van der Waals surface area contributed by atoms with Crippen molar-refractivity contribution < 1.29 is 26.4 Å². The lowest BCUT2D eigenvalue weighted by atomic mass is 9.73. The molecule has 1 atom stereocenters. The Bertz CT molecular complexity index is 1500. The number of fused-ring (bicyclic) bond motifs is 2. The Morgan fingerprint density at radius 1 is 0.812 bits per heavy atom. The molecule has 0 saturated carbocycles. The normalized spacial score (nSPS) is 27.1. The topological polar surface area (TPSA) is 102 Å². The van der Waals surface area contributed by atoms with Crippen LogP contribution >= 0.6 is 0 Å². The Labute approximate surface area is 186 Å². The number of carbonyl (C=O) groups excluding carboxylic acids is 2. The number of sulfone groups is 2. The standard InChI is InChI=1S/C24H20O6S2/c1-24(2)12-14(22-20(25)16-7-3-5-9-18(16)31(22,27)28)11-15(13-24)23-21(26)17-8-4-6-10-19(17)32(23,29)30/h3-11,22H,12-13H2,1-2H3. The minimum Gasteiger partial charge on any atom is -0.292 e. The van der Waals surface area contributed by atoms with E-state index >= 15 is 0 Å². The molecule has 0 N–H and O–H groups in total. The average molecular weight is 469 g/mol. The molecule has 2 aromatic carbocycles. The first kappa shape index (κ1) is 21.0. The van der Waals surface area contributed by atoms with Crippen LogP contribution in [0.15, 0.2) is 80.4 Å². The molecule has 0 saturated heterocycles. The van der Waals surface area contributed by atoms with E-state index in [0.717, 1.165) is 0 Å². The van der Waals surface area contributed by atoms with Crippen molar-refractivity contribution in [3.05, 3.63) is 81.8 Å². The molecule has 2 heterocycles. The highest BCUT2D eigenvalue weighted by molar-refractivity contribution is 7.97. The number of ketones is 2. The van der Waals surface area contributed by atoms with Crippen molar-refractivity contribution in [2.75, 3.05) is 0 Å². The maximum absolute atomic E-state index is 13.2. The Balaban J connectivity index is 1.73. The molecule has 32 heavy (non-hydrogen) atoms. The Hall–Kier alpha value is -2.84. The molecule has 1 aliphatic carbocycles. The van der Waals surface area contributed by atoms with Crippen LogP contribution in [0.1, 0.15) is 47.4 Å². The number of hydrogen-bond acceptors (Lipinski definition) is 6. The Morgan fingerprint density at radius 3 is 2.03 bits per heavy atom. The summed E-state index contributed by atoms with van der Waals surface area (Å²) in [5, 5.41) is -1.41. The van der Waals surface area contributed by atoms with Crippen LogP contribution in [0.4, 0.5) is 0 Å². The zero-order valence-corrected chi connectivity index (χ0v) is 19.1. The molecular formula is C24H20O6S2. The van der Waals surface area contributed by atoms with E-state index < -0.39 is 41.9 Å². The third-order valence-electron chi connectivity index (χ3n) is 6.24. The van der Waals surface area contributed by atoms with Gasteiger partial charge in [0.25, 0.3) is 0 Å². The van der Waals surface area contributed by atoms with Crippen LogP contribution in [0.2, 0.25) is 0 Å². The van der Waals surface area contributed by atoms with Gasteiger partial charge in [-0.3, -0.25) is 9.59 Å². The molecule has 5 rings (SSSR count). The number of allylic oxidation sites excluding steroid dienone is 3. The molecule has 3 aliphatic rings. The summed E-state index contributed by atoms with van der Waals surface area (Å²) in [6.45, 7) is 3.75. The fourth-order valence-corrected chi connectivity index (χ4v) is 8.74. The molecule has 0 bridgehead atoms. The Morgan fingerprint density at radius 2 is 1.41 bits per heavy atom. The van der Waals surface area contributed by atoms with E-state index in [9.17, 15) is 26.4 Å². The monoisotopic (exact) mass is 468 g/mol. The average Bonchev–Trinajstić information content (AvgIpc) is 3.05. The predicted molar refractivity (Wildman–Crippen MR) is 118 cm³/mol. The van der Waals surface area contributed by atoms with Crippen LogP contribution in [0.5, 0.6) is 0 Å². The van der Waals surface area contributed by atoms with Gasteiger partial charge in [-0.2, -0.15) is 0 Å². The highest BCUT2D eigenvalue weighted by Gasteiger charge is 2.49. The van der Waals surface area contributed by atoms with Gasteiger partial charge in [0.05, 0.1) is 9.79 Å². The number of rotatable bonds is 1. The molecule has 2 aromatic rings. The van der Waals surface area contributed by atoms with Crippen LogP contribution in [0, 0.1) is 5.41 Å². The van der Waals surface area contributed by atoms with Crippen molar-refractivity contribution in [3.8, 4) is 0 Å². The molecule has 164 valence electrons. The van der Waals surface area contributed by atoms with Crippen molar-refractivity contribution in [2.45, 2.75) is 41.7 Å². The second kappa shape index (κ2) is 6.59. The summed E-state index contributed by atoms with van der Waals surface area (Å²) in [5.41, 5.74) is 0.306. The maximum Gasteiger partial charge on any atom is 0.211 e. The van der Waals surface area contributed by atoms with Gasteiger partial charge in [0, 0.05) is 11.1 Å². The number of Topliss-reactive ketones (excluding diaryl/α,β-unsaturated/α-hetero) is 2. The SMILES string of the molecule is CC1(C)CC(C2C(=O)c3ccccc3S2(=O)=O)=CC(=C2C(=O)c3ccccc3S2(=O)=O)C1. The Kier molecular flexibility index (Phi) is 4.33. The van der Waals surface area contributed by atoms with Gasteiger partial charge in [0.1, 0.15) is 4.91 Å². The molecular weight excluding hydrogens is 448 g/mol. The highest BCUT2D eigenvalue weighted by atomic mass is 32.2. The molecule has 8 heteroatoms. The predicted octanol–water partition coefficient (Wildman–Crippen LogP) is 3.70. The zero-order chi connectivity index (χ0) is 23.1. The van der Waals surface area contributed by atoms with Gasteiger partial charge in [-0.1, -0.05) is 50.3 Å². The van der Waals surface area contributed by atoms with E-state index in [2.05, 4.69) is 0 Å².